The summed E-state index contributed by atoms with van der Waals surface area (Å²) in [5.41, 5.74) is 0.445. The van der Waals surface area contributed by atoms with Gasteiger partial charge in [0.25, 0.3) is 0 Å². The molecule has 3 rings (SSSR count). The van der Waals surface area contributed by atoms with E-state index in [9.17, 15) is 4.79 Å². The number of halogens is 2. The molecule has 124 valence electrons. The van der Waals surface area contributed by atoms with Crippen LogP contribution in [0.5, 0.6) is 0 Å². The van der Waals surface area contributed by atoms with E-state index in [1.165, 1.54) is 10.9 Å². The molecule has 0 unspecified atom stereocenters. The lowest BCUT2D eigenvalue weighted by Gasteiger charge is -2.07. The van der Waals surface area contributed by atoms with Crippen molar-refractivity contribution in [2.75, 3.05) is 16.9 Å². The van der Waals surface area contributed by atoms with Crippen molar-refractivity contribution in [1.29, 1.82) is 0 Å². The van der Waals surface area contributed by atoms with Gasteiger partial charge in [-0.25, -0.2) is 4.68 Å². The molecule has 0 spiro atoms. The topological polar surface area (TPSA) is 99.0 Å². The number of carbonyl (C=O) groups excluding carboxylic acids is 1. The van der Waals surface area contributed by atoms with Crippen LogP contribution in [0.1, 0.15) is 0 Å². The summed E-state index contributed by atoms with van der Waals surface area (Å²) in [6.45, 7) is 0. The van der Waals surface area contributed by atoms with Gasteiger partial charge in [0.2, 0.25) is 16.9 Å². The lowest BCUT2D eigenvalue weighted by atomic mass is 10.3. The Balaban J connectivity index is 1.64. The van der Waals surface area contributed by atoms with E-state index in [1.807, 2.05) is 0 Å². The minimum absolute atomic E-state index is 0.0797. The van der Waals surface area contributed by atoms with Crippen molar-refractivity contribution in [2.24, 2.45) is 0 Å². The Morgan fingerprint density at radius 1 is 1.29 bits per heavy atom. The fraction of sp³-hybridized carbons (Fsp3) is 0.0714. The number of amides is 1. The standard InChI is InChI=1S/C14H11Cl2N5O2S/c15-8-3-1-4-9(12(8)16)18-11(22)7-24-14-20-19-13(21(14)17)10-5-2-6-23-10/h1-6H,7,17H2,(H,18,22). The molecule has 0 aliphatic heterocycles. The molecule has 0 fully saturated rings. The molecule has 1 amide bonds. The van der Waals surface area contributed by atoms with E-state index in [4.69, 9.17) is 33.5 Å². The third-order valence-corrected chi connectivity index (χ3v) is 4.73. The van der Waals surface area contributed by atoms with Crippen molar-refractivity contribution in [2.45, 2.75) is 5.16 Å². The molecule has 0 saturated carbocycles. The normalized spacial score (nSPS) is 10.8. The fourth-order valence-corrected chi connectivity index (χ4v) is 2.87. The minimum Gasteiger partial charge on any atom is -0.461 e. The van der Waals surface area contributed by atoms with Crippen molar-refractivity contribution in [3.8, 4) is 11.6 Å². The highest BCUT2D eigenvalue weighted by atomic mass is 35.5. The zero-order chi connectivity index (χ0) is 17.1. The number of rotatable bonds is 5. The lowest BCUT2D eigenvalue weighted by molar-refractivity contribution is -0.113. The number of nitrogens with zero attached hydrogens (tertiary/aromatic N) is 3. The molecule has 3 aromatic rings. The Morgan fingerprint density at radius 3 is 2.88 bits per heavy atom. The maximum atomic E-state index is 12.0. The number of nitrogen functional groups attached to an aromatic ring is 1. The highest BCUT2D eigenvalue weighted by molar-refractivity contribution is 7.99. The third kappa shape index (κ3) is 3.50. The lowest BCUT2D eigenvalue weighted by Crippen LogP contribution is -2.16. The molecule has 0 aliphatic carbocycles. The van der Waals surface area contributed by atoms with Gasteiger partial charge in [0.05, 0.1) is 27.7 Å². The van der Waals surface area contributed by atoms with Gasteiger partial charge in [-0.3, -0.25) is 4.79 Å². The quantitative estimate of drug-likeness (QED) is 0.517. The molecule has 3 N–H and O–H groups in total. The zero-order valence-corrected chi connectivity index (χ0v) is 14.4. The first-order valence-electron chi connectivity index (χ1n) is 6.67. The summed E-state index contributed by atoms with van der Waals surface area (Å²) in [5, 5.41) is 11.6. The summed E-state index contributed by atoms with van der Waals surface area (Å²) in [6, 6.07) is 8.44. The summed E-state index contributed by atoms with van der Waals surface area (Å²) in [4.78, 5) is 12.0. The molecular weight excluding hydrogens is 373 g/mol. The molecular formula is C14H11Cl2N5O2S. The molecule has 7 nitrogen and oxygen atoms in total. The average Bonchev–Trinajstić information content (AvgIpc) is 3.19. The Bertz CT molecular complexity index is 866. The number of carbonyl (C=O) groups is 1. The molecule has 1 aromatic carbocycles. The van der Waals surface area contributed by atoms with Crippen LogP contribution >= 0.6 is 35.0 Å². The summed E-state index contributed by atoms with van der Waals surface area (Å²) in [7, 11) is 0. The highest BCUT2D eigenvalue weighted by Gasteiger charge is 2.16. The highest BCUT2D eigenvalue weighted by Crippen LogP contribution is 2.29. The number of anilines is 1. The summed E-state index contributed by atoms with van der Waals surface area (Å²) in [6.07, 6.45) is 1.51. The zero-order valence-electron chi connectivity index (χ0n) is 12.1. The SMILES string of the molecule is Nn1c(SCC(=O)Nc2cccc(Cl)c2Cl)nnc1-c1ccco1. The summed E-state index contributed by atoms with van der Waals surface area (Å²) in [5.74, 6) is 6.59. The van der Waals surface area contributed by atoms with Crippen LogP contribution in [0.25, 0.3) is 11.6 Å². The van der Waals surface area contributed by atoms with Gasteiger partial charge in [-0.1, -0.05) is 41.0 Å². The second-order valence-electron chi connectivity index (χ2n) is 4.59. The van der Waals surface area contributed by atoms with E-state index in [1.54, 1.807) is 30.3 Å². The summed E-state index contributed by atoms with van der Waals surface area (Å²) >= 11 is 13.1. The van der Waals surface area contributed by atoms with Crippen LogP contribution in [-0.2, 0) is 4.79 Å². The largest absolute Gasteiger partial charge is 0.461 e. The van der Waals surface area contributed by atoms with Crippen LogP contribution in [0.4, 0.5) is 5.69 Å². The van der Waals surface area contributed by atoms with E-state index in [0.717, 1.165) is 11.8 Å². The van der Waals surface area contributed by atoms with E-state index in [-0.39, 0.29) is 11.7 Å². The number of furan rings is 1. The predicted molar refractivity (Wildman–Crippen MR) is 93.7 cm³/mol. The molecule has 0 saturated heterocycles. The molecule has 2 heterocycles. The number of nitrogens with two attached hydrogens (primary N) is 1. The van der Waals surface area contributed by atoms with Crippen LogP contribution in [0.15, 0.2) is 46.2 Å². The van der Waals surface area contributed by atoms with Crippen molar-refractivity contribution in [3.05, 3.63) is 46.6 Å². The predicted octanol–water partition coefficient (Wildman–Crippen LogP) is 3.29. The van der Waals surface area contributed by atoms with Gasteiger partial charge < -0.3 is 15.6 Å². The first-order chi connectivity index (χ1) is 11.6. The molecule has 0 radical (unpaired) electrons. The maximum Gasteiger partial charge on any atom is 0.234 e. The fourth-order valence-electron chi connectivity index (χ4n) is 1.87. The summed E-state index contributed by atoms with van der Waals surface area (Å²) < 4.78 is 6.49. The Morgan fingerprint density at radius 2 is 2.12 bits per heavy atom. The Labute approximate surface area is 151 Å². The van der Waals surface area contributed by atoms with E-state index >= 15 is 0 Å². The molecule has 10 heteroatoms. The Hall–Kier alpha value is -2.16. The van der Waals surface area contributed by atoms with Gasteiger partial charge in [-0.15, -0.1) is 10.2 Å². The Kier molecular flexibility index (Phi) is 4.98. The number of nitrogens with one attached hydrogen (secondary N) is 1. The smallest absolute Gasteiger partial charge is 0.234 e. The van der Waals surface area contributed by atoms with Gasteiger partial charge >= 0.3 is 0 Å². The number of thioether (sulfide) groups is 1. The first kappa shape index (κ1) is 16.7. The number of hydrogen-bond acceptors (Lipinski definition) is 6. The molecule has 0 aliphatic rings. The van der Waals surface area contributed by atoms with Crippen LogP contribution in [-0.4, -0.2) is 26.5 Å². The van der Waals surface area contributed by atoms with Crippen LogP contribution in [0.3, 0.4) is 0 Å². The van der Waals surface area contributed by atoms with Gasteiger partial charge in [-0.2, -0.15) is 0 Å². The molecule has 2 aromatic heterocycles. The van der Waals surface area contributed by atoms with Gasteiger partial charge in [0.1, 0.15) is 0 Å². The third-order valence-electron chi connectivity index (χ3n) is 2.96. The van der Waals surface area contributed by atoms with Crippen molar-refractivity contribution in [3.63, 3.8) is 0 Å². The second-order valence-corrected chi connectivity index (χ2v) is 6.32. The van der Waals surface area contributed by atoms with Gasteiger partial charge in [-0.05, 0) is 24.3 Å². The van der Waals surface area contributed by atoms with E-state index in [0.29, 0.717) is 32.5 Å². The van der Waals surface area contributed by atoms with Crippen LogP contribution in [0, 0.1) is 0 Å². The first-order valence-corrected chi connectivity index (χ1v) is 8.41. The van der Waals surface area contributed by atoms with Crippen LogP contribution in [0.2, 0.25) is 10.0 Å². The minimum atomic E-state index is -0.272. The molecule has 24 heavy (non-hydrogen) atoms. The number of aromatic nitrogens is 3. The van der Waals surface area contributed by atoms with Crippen molar-refractivity contribution in [1.82, 2.24) is 14.9 Å². The second kappa shape index (κ2) is 7.16. The average molecular weight is 384 g/mol. The van der Waals surface area contributed by atoms with E-state index in [2.05, 4.69) is 15.5 Å². The maximum absolute atomic E-state index is 12.0. The number of hydrogen-bond donors (Lipinski definition) is 2. The monoisotopic (exact) mass is 383 g/mol. The van der Waals surface area contributed by atoms with E-state index < -0.39 is 0 Å². The van der Waals surface area contributed by atoms with Gasteiger partial charge in [0.15, 0.2) is 5.76 Å². The van der Waals surface area contributed by atoms with Crippen LogP contribution < -0.4 is 11.2 Å². The molecule has 0 bridgehead atoms. The van der Waals surface area contributed by atoms with Gasteiger partial charge in [0, 0.05) is 0 Å². The van der Waals surface area contributed by atoms with Crippen molar-refractivity contribution < 1.29 is 9.21 Å². The van der Waals surface area contributed by atoms with Crippen molar-refractivity contribution >= 4 is 46.6 Å². The molecule has 0 atom stereocenters. The number of benzene rings is 1.